The van der Waals surface area contributed by atoms with E-state index in [0.717, 1.165) is 17.2 Å². The molecule has 38 heavy (non-hydrogen) atoms. The molecule has 0 saturated carbocycles. The van der Waals surface area contributed by atoms with Crippen LogP contribution in [0.3, 0.4) is 0 Å². The van der Waals surface area contributed by atoms with Crippen molar-refractivity contribution >= 4 is 51.6 Å². The molecule has 7 nitrogen and oxygen atoms in total. The van der Waals surface area contributed by atoms with E-state index in [9.17, 15) is 19.5 Å². The van der Waals surface area contributed by atoms with Crippen LogP contribution in [-0.2, 0) is 14.4 Å². The van der Waals surface area contributed by atoms with Crippen LogP contribution in [0.1, 0.15) is 26.7 Å². The van der Waals surface area contributed by atoms with Gasteiger partial charge in [0.25, 0.3) is 0 Å². The number of carbonyl (C=O) groups excluding carboxylic acids is 3. The number of thioether (sulfide) groups is 1. The van der Waals surface area contributed by atoms with E-state index in [1.165, 1.54) is 0 Å². The van der Waals surface area contributed by atoms with Gasteiger partial charge in [-0.2, -0.15) is 0 Å². The minimum Gasteiger partial charge on any atom is -0.394 e. The second-order valence-electron chi connectivity index (χ2n) is 10.9. The number of para-hydroxylation sites is 1. The number of hydrogen-bond acceptors (Lipinski definition) is 5. The molecule has 0 radical (unpaired) electrons. The second kappa shape index (κ2) is 9.13. The van der Waals surface area contributed by atoms with E-state index in [1.54, 1.807) is 23.6 Å². The Labute approximate surface area is 226 Å². The van der Waals surface area contributed by atoms with Crippen LogP contribution in [0.5, 0.6) is 0 Å². The Balaban J connectivity index is 1.36. The molecule has 2 bridgehead atoms. The Bertz CT molecular complexity index is 1430. The molecule has 2 unspecified atom stereocenters. The maximum Gasteiger partial charge on any atom is 0.248 e. The third-order valence-corrected chi connectivity index (χ3v) is 10.5. The largest absolute Gasteiger partial charge is 0.394 e. The van der Waals surface area contributed by atoms with E-state index in [0.29, 0.717) is 17.8 Å². The summed E-state index contributed by atoms with van der Waals surface area (Å²) in [5.74, 6) is -1.93. The van der Waals surface area contributed by atoms with Gasteiger partial charge in [-0.3, -0.25) is 14.4 Å². The van der Waals surface area contributed by atoms with Gasteiger partial charge in [-0.1, -0.05) is 48.5 Å². The number of carbonyl (C=O) groups is 3. The molecular formula is C30H31N3O4S. The van der Waals surface area contributed by atoms with Crippen molar-refractivity contribution in [1.29, 1.82) is 0 Å². The molecule has 3 aliphatic heterocycles. The molecule has 3 aromatic rings. The normalized spacial score (nSPS) is 30.3. The highest BCUT2D eigenvalue weighted by Crippen LogP contribution is 2.71. The first-order chi connectivity index (χ1) is 18.3. The third kappa shape index (κ3) is 3.73. The molecule has 3 N–H and O–H groups in total. The number of hydrogen-bond donors (Lipinski definition) is 3. The zero-order valence-corrected chi connectivity index (χ0v) is 22.2. The van der Waals surface area contributed by atoms with Gasteiger partial charge in [0.2, 0.25) is 17.7 Å². The molecule has 3 aromatic carbocycles. The standard InChI is InChI=1S/C30H31N3O4S/c1-18(17-34)33-25(27(36)32-22-13-12-19-8-6-7-9-20(19)16-22)30-15-14-29(2,38-30)23(24(30)28(33)37)26(35)31-21-10-4-3-5-11-21/h3-13,16,18,23-25,34H,14-15,17H2,1-2H3,(H,31,35)(H,32,36)/t18-,23-,24+,25?,29+,30?/m1/s1. The molecule has 8 heteroatoms. The molecule has 6 atom stereocenters. The number of amides is 3. The van der Waals surface area contributed by atoms with Crippen molar-refractivity contribution in [3.63, 3.8) is 0 Å². The number of aliphatic hydroxyl groups is 1. The van der Waals surface area contributed by atoms with Gasteiger partial charge in [-0.05, 0) is 61.7 Å². The quantitative estimate of drug-likeness (QED) is 0.443. The van der Waals surface area contributed by atoms with E-state index in [4.69, 9.17) is 0 Å². The summed E-state index contributed by atoms with van der Waals surface area (Å²) in [4.78, 5) is 43.3. The predicted molar refractivity (Wildman–Crippen MR) is 150 cm³/mol. The number of fused-ring (bicyclic) bond motifs is 2. The fraction of sp³-hybridized carbons (Fsp3) is 0.367. The molecule has 0 aromatic heterocycles. The van der Waals surface area contributed by atoms with E-state index >= 15 is 0 Å². The van der Waals surface area contributed by atoms with Gasteiger partial charge in [0.15, 0.2) is 0 Å². The van der Waals surface area contributed by atoms with Crippen molar-refractivity contribution in [3.05, 3.63) is 72.8 Å². The van der Waals surface area contributed by atoms with Crippen molar-refractivity contribution in [2.75, 3.05) is 17.2 Å². The highest BCUT2D eigenvalue weighted by atomic mass is 32.2. The fourth-order valence-electron chi connectivity index (χ4n) is 6.85. The number of rotatable bonds is 6. The topological polar surface area (TPSA) is 98.7 Å². The Kier molecular flexibility index (Phi) is 6.00. The highest BCUT2D eigenvalue weighted by molar-refractivity contribution is 8.02. The van der Waals surface area contributed by atoms with E-state index < -0.39 is 33.4 Å². The first-order valence-corrected chi connectivity index (χ1v) is 13.9. The monoisotopic (exact) mass is 529 g/mol. The summed E-state index contributed by atoms with van der Waals surface area (Å²) in [6, 6.07) is 21.6. The van der Waals surface area contributed by atoms with E-state index in [-0.39, 0.29) is 24.3 Å². The fourth-order valence-corrected chi connectivity index (χ4v) is 9.19. The summed E-state index contributed by atoms with van der Waals surface area (Å²) in [6.45, 7) is 3.53. The number of nitrogens with zero attached hydrogens (tertiary/aromatic N) is 1. The molecule has 3 fully saturated rings. The van der Waals surface area contributed by atoms with Gasteiger partial charge >= 0.3 is 0 Å². The molecular weight excluding hydrogens is 498 g/mol. The minimum absolute atomic E-state index is 0.196. The van der Waals surface area contributed by atoms with Crippen molar-refractivity contribution < 1.29 is 19.5 Å². The Morgan fingerprint density at radius 1 is 0.974 bits per heavy atom. The first kappa shape index (κ1) is 24.9. The van der Waals surface area contributed by atoms with Crippen molar-refractivity contribution in [2.24, 2.45) is 11.8 Å². The van der Waals surface area contributed by atoms with Crippen LogP contribution in [0.15, 0.2) is 72.8 Å². The molecule has 3 saturated heterocycles. The maximum absolute atomic E-state index is 14.1. The summed E-state index contributed by atoms with van der Waals surface area (Å²) in [5.41, 5.74) is 1.33. The Morgan fingerprint density at radius 3 is 2.39 bits per heavy atom. The van der Waals surface area contributed by atoms with Crippen LogP contribution >= 0.6 is 11.8 Å². The van der Waals surface area contributed by atoms with Gasteiger partial charge in [0.05, 0.1) is 29.2 Å². The second-order valence-corrected chi connectivity index (χ2v) is 12.8. The molecule has 3 aliphatic rings. The lowest BCUT2D eigenvalue weighted by atomic mass is 9.66. The molecule has 1 spiro atoms. The smallest absolute Gasteiger partial charge is 0.248 e. The lowest BCUT2D eigenvalue weighted by molar-refractivity contribution is -0.141. The van der Waals surface area contributed by atoms with Gasteiger partial charge in [-0.15, -0.1) is 11.8 Å². The third-order valence-electron chi connectivity index (χ3n) is 8.54. The minimum atomic E-state index is -0.796. The number of benzene rings is 3. The first-order valence-electron chi connectivity index (χ1n) is 13.1. The lowest BCUT2D eigenvalue weighted by Crippen LogP contribution is -2.54. The van der Waals surface area contributed by atoms with Gasteiger partial charge in [-0.25, -0.2) is 0 Å². The summed E-state index contributed by atoms with van der Waals surface area (Å²) >= 11 is 1.62. The molecule has 0 aliphatic carbocycles. The lowest BCUT2D eigenvalue weighted by Gasteiger charge is -2.36. The zero-order valence-electron chi connectivity index (χ0n) is 21.4. The average molecular weight is 530 g/mol. The van der Waals surface area contributed by atoms with Crippen LogP contribution in [0.4, 0.5) is 11.4 Å². The summed E-state index contributed by atoms with van der Waals surface area (Å²) in [6.07, 6.45) is 1.39. The number of likely N-dealkylation sites (tertiary alicyclic amines) is 1. The highest BCUT2D eigenvalue weighted by Gasteiger charge is 2.77. The van der Waals surface area contributed by atoms with Crippen LogP contribution < -0.4 is 10.6 Å². The summed E-state index contributed by atoms with van der Waals surface area (Å²) in [5, 5.41) is 18.2. The van der Waals surface area contributed by atoms with E-state index in [1.807, 2.05) is 79.7 Å². The van der Waals surface area contributed by atoms with Crippen LogP contribution in [0, 0.1) is 11.8 Å². The van der Waals surface area contributed by atoms with Crippen molar-refractivity contribution in [1.82, 2.24) is 4.90 Å². The molecule has 6 rings (SSSR count). The summed E-state index contributed by atoms with van der Waals surface area (Å²) in [7, 11) is 0. The average Bonchev–Trinajstić information content (AvgIpc) is 3.49. The molecule has 196 valence electrons. The van der Waals surface area contributed by atoms with Crippen LogP contribution in [0.25, 0.3) is 10.8 Å². The SMILES string of the molecule is C[C@H](CO)N1C(=O)[C@@H]2[C@H](C(=O)Nc3ccccc3)[C@]3(C)CCC2(S3)C1C(=O)Nc1ccc2ccccc2c1. The molecule has 3 amide bonds. The number of anilines is 2. The van der Waals surface area contributed by atoms with Crippen LogP contribution in [-0.4, -0.2) is 55.9 Å². The van der Waals surface area contributed by atoms with Crippen molar-refractivity contribution in [3.8, 4) is 0 Å². The predicted octanol–water partition coefficient (Wildman–Crippen LogP) is 4.28. The summed E-state index contributed by atoms with van der Waals surface area (Å²) < 4.78 is -1.20. The molecule has 3 heterocycles. The van der Waals surface area contributed by atoms with Gasteiger partial charge in [0, 0.05) is 16.1 Å². The van der Waals surface area contributed by atoms with Gasteiger partial charge in [0.1, 0.15) is 6.04 Å². The maximum atomic E-state index is 14.1. The number of aliphatic hydroxyl groups excluding tert-OH is 1. The van der Waals surface area contributed by atoms with Gasteiger partial charge < -0.3 is 20.6 Å². The zero-order chi connectivity index (χ0) is 26.7. The van der Waals surface area contributed by atoms with Crippen LogP contribution in [0.2, 0.25) is 0 Å². The Morgan fingerprint density at radius 2 is 1.66 bits per heavy atom. The van der Waals surface area contributed by atoms with Crippen molar-refractivity contribution in [2.45, 2.75) is 48.3 Å². The Hall–Kier alpha value is -3.36. The van der Waals surface area contributed by atoms with E-state index in [2.05, 4.69) is 10.6 Å². The number of nitrogens with one attached hydrogen (secondary N) is 2.